The van der Waals surface area contributed by atoms with Crippen LogP contribution in [0.3, 0.4) is 0 Å². The summed E-state index contributed by atoms with van der Waals surface area (Å²) in [4.78, 5) is 51.6. The lowest BCUT2D eigenvalue weighted by Gasteiger charge is -2.45. The molecule has 21 nitrogen and oxygen atoms in total. The lowest BCUT2D eigenvalue weighted by molar-refractivity contribution is -0.308. The molecule has 19 atom stereocenters. The maximum absolute atomic E-state index is 13.3. The Morgan fingerprint density at radius 1 is 0.709 bits per heavy atom. The molecule has 0 spiro atoms. The Morgan fingerprint density at radius 2 is 1.25 bits per heavy atom. The van der Waals surface area contributed by atoms with E-state index in [1.165, 1.54) is 13.0 Å². The highest BCUT2D eigenvalue weighted by Crippen LogP contribution is 2.38. The molecule has 1 aromatic rings. The molecule has 0 aromatic heterocycles. The van der Waals surface area contributed by atoms with Crippen molar-refractivity contribution >= 4 is 29.2 Å². The second-order valence-corrected chi connectivity index (χ2v) is 21.2. The molecule has 0 radical (unpaired) electrons. The zero-order valence-corrected chi connectivity index (χ0v) is 45.1. The Bertz CT molecular complexity index is 2280. The Hall–Kier alpha value is -5.08. The number of benzene rings is 1. The summed E-state index contributed by atoms with van der Waals surface area (Å²) in [7, 11) is 0. The number of carbonyl (C=O) groups excluding carboxylic acids is 3. The predicted octanol–water partition coefficient (Wildman–Crippen LogP) is 2.29. The second kappa shape index (κ2) is 33.0. The summed E-state index contributed by atoms with van der Waals surface area (Å²) in [5.41, 5.74) is 12.7. The van der Waals surface area contributed by atoms with Gasteiger partial charge in [-0.25, -0.2) is 0 Å². The summed E-state index contributed by atoms with van der Waals surface area (Å²) < 4.78 is 23.7. The SMILES string of the molecule is C[C@@H]1C=CC=CC=CC=CC=CC=CC=C[C@H](O[C@H]2O[C@H](C)[C@H](O)[C@@H](N)[C@H]2O)C[C@@H]2O[C@](O)(C[C@H](O)C[C@H](O)C[C@H](O)C[C@H](O)CC(=O)C[C@@H](O)CC(=O)O[C@H]1[C@H](C)CC[C@@H](O)CC(=O)c1ccc(N)cc1)C[C@H](O)[C@H]2C(=O)O. The van der Waals surface area contributed by atoms with Gasteiger partial charge in [0.15, 0.2) is 17.9 Å². The van der Waals surface area contributed by atoms with E-state index in [2.05, 4.69) is 0 Å². The fraction of sp³-hybridized carbons (Fsp3) is 0.586. The molecule has 0 amide bonds. The van der Waals surface area contributed by atoms with Crippen molar-refractivity contribution in [2.75, 3.05) is 5.73 Å². The van der Waals surface area contributed by atoms with Gasteiger partial charge in [0.25, 0.3) is 0 Å². The van der Waals surface area contributed by atoms with Crippen LogP contribution in [-0.2, 0) is 33.3 Å². The van der Waals surface area contributed by atoms with Gasteiger partial charge in [-0.3, -0.25) is 19.2 Å². The Balaban J connectivity index is 1.54. The minimum Gasteiger partial charge on any atom is -0.481 e. The first-order valence-electron chi connectivity index (χ1n) is 26.9. The first-order valence-corrected chi connectivity index (χ1v) is 26.9. The van der Waals surface area contributed by atoms with Crippen LogP contribution in [0.5, 0.6) is 0 Å². The molecule has 2 fully saturated rings. The number of nitrogen functional groups attached to an aromatic ring is 1. The van der Waals surface area contributed by atoms with E-state index in [0.717, 1.165) is 0 Å². The quantitative estimate of drug-likeness (QED) is 0.0908. The number of fused-ring (bicyclic) bond motifs is 2. The van der Waals surface area contributed by atoms with Gasteiger partial charge in [-0.2, -0.15) is 0 Å². The summed E-state index contributed by atoms with van der Waals surface area (Å²) in [6, 6.07) is 5.21. The van der Waals surface area contributed by atoms with Gasteiger partial charge >= 0.3 is 11.9 Å². The molecule has 3 heterocycles. The van der Waals surface area contributed by atoms with Crippen molar-refractivity contribution in [1.29, 1.82) is 0 Å². The van der Waals surface area contributed by atoms with E-state index in [4.69, 9.17) is 30.4 Å². The third kappa shape index (κ3) is 23.1. The van der Waals surface area contributed by atoms with Crippen molar-refractivity contribution in [2.24, 2.45) is 23.5 Å². The van der Waals surface area contributed by atoms with Crippen molar-refractivity contribution in [1.82, 2.24) is 0 Å². The molecular formula is C58H84N2O19. The van der Waals surface area contributed by atoms with Crippen molar-refractivity contribution < 1.29 is 94.3 Å². The number of ketones is 2. The number of aliphatic carboxylic acids is 1. The number of carboxylic acids is 1. The smallest absolute Gasteiger partial charge is 0.311 e. The standard InChI is InChI=1S/C58H84N2O19/c1-34-16-14-12-10-8-6-4-5-7-9-11-13-15-17-46(77-57-54(72)52(60)53(71)36(3)76-57)31-49-51(56(73)74)48(69)33-58(75,79-49)32-45(67)28-43(65)26-41(63)24-40(62)25-42(64)27-44(66)30-50(70)78-55(34)35(2)18-23-39(61)29-47(68)37-19-21-38(59)22-20-37/h4-17,19-22,34-36,39-41,43-46,48-49,51-55,57,61-63,65-67,69,71-72,75H,18,23-33,59-60H2,1-3H3,(H,73,74)/t34-,35-,36-,39-,40+,41-,43-,44-,45-,46+,48+,49+,51-,52-,53+,54-,55-,57-,58-/m1/s1. The van der Waals surface area contributed by atoms with Crippen LogP contribution in [0.1, 0.15) is 108 Å². The number of anilines is 1. The minimum atomic E-state index is -2.34. The van der Waals surface area contributed by atoms with Crippen molar-refractivity contribution in [2.45, 2.75) is 195 Å². The van der Waals surface area contributed by atoms with Crippen LogP contribution >= 0.6 is 0 Å². The first-order chi connectivity index (χ1) is 37.3. The molecule has 2 saturated heterocycles. The van der Waals surface area contributed by atoms with Crippen LogP contribution in [-0.4, -0.2) is 177 Å². The van der Waals surface area contributed by atoms with Crippen molar-refractivity contribution in [3.63, 3.8) is 0 Å². The van der Waals surface area contributed by atoms with E-state index in [1.807, 2.05) is 19.9 Å². The van der Waals surface area contributed by atoms with E-state index in [1.54, 1.807) is 97.2 Å². The Morgan fingerprint density at radius 3 is 1.85 bits per heavy atom. The number of hydrogen-bond acceptors (Lipinski definition) is 20. The maximum atomic E-state index is 13.3. The molecule has 1 aromatic carbocycles. The minimum absolute atomic E-state index is 0.128. The van der Waals surface area contributed by atoms with Crippen LogP contribution < -0.4 is 11.5 Å². The van der Waals surface area contributed by atoms with Crippen molar-refractivity contribution in [3.05, 3.63) is 115 Å². The average Bonchev–Trinajstić information content (AvgIpc) is 3.35. The van der Waals surface area contributed by atoms with E-state index in [-0.39, 0.29) is 36.9 Å². The van der Waals surface area contributed by atoms with Crippen LogP contribution in [0, 0.1) is 17.8 Å². The number of rotatable bonds is 10. The van der Waals surface area contributed by atoms with E-state index in [9.17, 15) is 75.3 Å². The molecule has 440 valence electrons. The first kappa shape index (κ1) is 66.4. The fourth-order valence-electron chi connectivity index (χ4n) is 9.90. The summed E-state index contributed by atoms with van der Waals surface area (Å²) in [6.07, 6.45) is 1.70. The number of hydrogen-bond donors (Lipinski definition) is 13. The van der Waals surface area contributed by atoms with Crippen LogP contribution in [0.15, 0.2) is 109 Å². The zero-order chi connectivity index (χ0) is 58.4. The molecule has 79 heavy (non-hydrogen) atoms. The van der Waals surface area contributed by atoms with Crippen LogP contribution in [0.25, 0.3) is 0 Å². The topological polar surface area (TPSA) is 380 Å². The van der Waals surface area contributed by atoms with Gasteiger partial charge in [0.2, 0.25) is 0 Å². The fourth-order valence-corrected chi connectivity index (χ4v) is 9.90. The lowest BCUT2D eigenvalue weighted by atomic mass is 9.82. The Labute approximate surface area is 461 Å². The molecule has 21 heteroatoms. The van der Waals surface area contributed by atoms with E-state index < -0.39 is 172 Å². The number of carbonyl (C=O) groups is 4. The molecule has 0 saturated carbocycles. The van der Waals surface area contributed by atoms with Gasteiger partial charge in [0.05, 0.1) is 79.6 Å². The molecule has 2 bridgehead atoms. The number of esters is 1. The van der Waals surface area contributed by atoms with Gasteiger partial charge < -0.3 is 86.6 Å². The number of Topliss-reactive ketones (excluding diaryl/α,β-unsaturated/α-hetero) is 2. The number of carboxylic acid groups (broad SMARTS) is 1. The highest BCUT2D eigenvalue weighted by atomic mass is 16.7. The summed E-state index contributed by atoms with van der Waals surface area (Å²) in [6.45, 7) is 5.20. The highest BCUT2D eigenvalue weighted by molar-refractivity contribution is 5.96. The maximum Gasteiger partial charge on any atom is 0.311 e. The number of aliphatic hydroxyl groups excluding tert-OH is 9. The molecule has 0 unspecified atom stereocenters. The summed E-state index contributed by atoms with van der Waals surface area (Å²) in [5.74, 6) is -7.81. The third-order valence-corrected chi connectivity index (χ3v) is 14.1. The molecule has 3 aliphatic heterocycles. The highest BCUT2D eigenvalue weighted by Gasteiger charge is 2.51. The van der Waals surface area contributed by atoms with Crippen LogP contribution in [0.2, 0.25) is 0 Å². The van der Waals surface area contributed by atoms with Gasteiger partial charge in [0.1, 0.15) is 23.9 Å². The summed E-state index contributed by atoms with van der Waals surface area (Å²) in [5, 5.41) is 119. The monoisotopic (exact) mass is 1110 g/mol. The third-order valence-electron chi connectivity index (χ3n) is 14.1. The zero-order valence-electron chi connectivity index (χ0n) is 45.1. The summed E-state index contributed by atoms with van der Waals surface area (Å²) >= 11 is 0. The lowest BCUT2D eigenvalue weighted by Crippen LogP contribution is -2.61. The van der Waals surface area contributed by atoms with Gasteiger partial charge in [-0.1, -0.05) is 98.9 Å². The predicted molar refractivity (Wildman–Crippen MR) is 290 cm³/mol. The van der Waals surface area contributed by atoms with Gasteiger partial charge in [-0.15, -0.1) is 0 Å². The molecule has 15 N–H and O–H groups in total. The molecule has 0 aliphatic carbocycles. The number of nitrogens with two attached hydrogens (primary N) is 2. The second-order valence-electron chi connectivity index (χ2n) is 21.2. The normalized spacial score (nSPS) is 35.6. The number of aliphatic hydroxyl groups is 10. The van der Waals surface area contributed by atoms with Gasteiger partial charge in [-0.05, 0) is 69.2 Å². The van der Waals surface area contributed by atoms with Crippen molar-refractivity contribution in [3.8, 4) is 0 Å². The number of cyclic esters (lactones) is 1. The average molecular weight is 1110 g/mol. The Kier molecular flexibility index (Phi) is 27.7. The number of ether oxygens (including phenoxy) is 4. The van der Waals surface area contributed by atoms with E-state index in [0.29, 0.717) is 17.7 Å². The molecular weight excluding hydrogens is 1030 g/mol. The van der Waals surface area contributed by atoms with E-state index >= 15 is 0 Å². The van der Waals surface area contributed by atoms with Gasteiger partial charge in [0, 0.05) is 55.7 Å². The van der Waals surface area contributed by atoms with Crippen LogP contribution in [0.4, 0.5) is 5.69 Å². The molecule has 4 rings (SSSR count). The number of allylic oxidation sites excluding steroid dienone is 12. The largest absolute Gasteiger partial charge is 0.481 e. The molecule has 3 aliphatic rings.